The zero-order valence-electron chi connectivity index (χ0n) is 15.8. The molecule has 1 N–H and O–H groups in total. The minimum Gasteiger partial charge on any atom is -0.346 e. The largest absolute Gasteiger partial charge is 0.346 e. The molecule has 1 amide bonds. The molecular weight excluding hydrogens is 396 g/mol. The average molecular weight is 412 g/mol. The van der Waals surface area contributed by atoms with Gasteiger partial charge in [0.05, 0.1) is 40.9 Å². The van der Waals surface area contributed by atoms with Crippen LogP contribution in [-0.2, 0) is 6.54 Å². The van der Waals surface area contributed by atoms with Gasteiger partial charge in [-0.1, -0.05) is 12.1 Å². The van der Waals surface area contributed by atoms with Crippen LogP contribution in [0, 0.1) is 0 Å². The Morgan fingerprint density at radius 2 is 1.97 bits per heavy atom. The van der Waals surface area contributed by atoms with Crippen LogP contribution in [0.3, 0.4) is 0 Å². The van der Waals surface area contributed by atoms with E-state index in [2.05, 4.69) is 20.3 Å². The minimum atomic E-state index is -0.153. The number of pyridine rings is 2. The Hall–Kier alpha value is -3.91. The van der Waals surface area contributed by atoms with E-state index in [4.69, 9.17) is 4.98 Å². The molecule has 0 aromatic carbocycles. The summed E-state index contributed by atoms with van der Waals surface area (Å²) >= 11 is 1.50. The van der Waals surface area contributed by atoms with Crippen LogP contribution in [0.5, 0.6) is 0 Å². The molecular formula is C22H16N6OS. The van der Waals surface area contributed by atoms with Crippen molar-refractivity contribution >= 4 is 22.8 Å². The van der Waals surface area contributed by atoms with Crippen molar-refractivity contribution in [3.8, 4) is 22.1 Å². The highest BCUT2D eigenvalue weighted by molar-refractivity contribution is 7.13. The highest BCUT2D eigenvalue weighted by Crippen LogP contribution is 2.30. The second kappa shape index (κ2) is 7.84. The first-order valence-electron chi connectivity index (χ1n) is 9.30. The topological polar surface area (TPSA) is 85.1 Å². The van der Waals surface area contributed by atoms with Gasteiger partial charge in [-0.25, -0.2) is 4.98 Å². The Labute approximate surface area is 176 Å². The Bertz CT molecular complexity index is 1310. The van der Waals surface area contributed by atoms with Crippen molar-refractivity contribution in [2.24, 2.45) is 0 Å². The Balaban J connectivity index is 1.49. The molecule has 5 rings (SSSR count). The van der Waals surface area contributed by atoms with Crippen molar-refractivity contribution in [3.05, 3.63) is 90.1 Å². The number of aromatic nitrogens is 5. The van der Waals surface area contributed by atoms with Crippen LogP contribution in [-0.4, -0.2) is 30.2 Å². The number of nitrogens with zero attached hydrogens (tertiary/aromatic N) is 5. The van der Waals surface area contributed by atoms with E-state index in [0.29, 0.717) is 12.1 Å². The molecule has 0 bridgehead atoms. The molecule has 0 aliphatic heterocycles. The molecule has 5 aromatic rings. The lowest BCUT2D eigenvalue weighted by Gasteiger charge is -2.04. The van der Waals surface area contributed by atoms with Crippen molar-refractivity contribution in [2.45, 2.75) is 6.54 Å². The third-order valence-electron chi connectivity index (χ3n) is 4.63. The van der Waals surface area contributed by atoms with Gasteiger partial charge < -0.3 is 9.72 Å². The summed E-state index contributed by atoms with van der Waals surface area (Å²) in [5, 5.41) is 5.70. The molecule has 0 unspecified atom stereocenters. The van der Waals surface area contributed by atoms with E-state index in [1.807, 2.05) is 58.4 Å². The van der Waals surface area contributed by atoms with Gasteiger partial charge in [0.1, 0.15) is 10.7 Å². The number of hydrogen-bond acceptors (Lipinski definition) is 6. The fourth-order valence-corrected chi connectivity index (χ4v) is 3.99. The molecule has 0 radical (unpaired) electrons. The van der Waals surface area contributed by atoms with Gasteiger partial charge in [0.2, 0.25) is 0 Å². The molecule has 0 spiro atoms. The number of rotatable bonds is 5. The fourth-order valence-electron chi connectivity index (χ4n) is 3.22. The molecule has 146 valence electrons. The van der Waals surface area contributed by atoms with Gasteiger partial charge >= 0.3 is 0 Å². The zero-order valence-corrected chi connectivity index (χ0v) is 16.6. The van der Waals surface area contributed by atoms with Crippen molar-refractivity contribution in [3.63, 3.8) is 0 Å². The summed E-state index contributed by atoms with van der Waals surface area (Å²) < 4.78 is 1.98. The lowest BCUT2D eigenvalue weighted by Crippen LogP contribution is -2.23. The predicted octanol–water partition coefficient (Wildman–Crippen LogP) is 3.84. The maximum atomic E-state index is 12.9. The van der Waals surface area contributed by atoms with E-state index in [9.17, 15) is 4.79 Å². The molecule has 0 fully saturated rings. The first kappa shape index (κ1) is 18.1. The molecule has 0 saturated carbocycles. The van der Waals surface area contributed by atoms with E-state index >= 15 is 0 Å². The lowest BCUT2D eigenvalue weighted by molar-refractivity contribution is 0.0952. The number of amides is 1. The maximum absolute atomic E-state index is 12.9. The van der Waals surface area contributed by atoms with Crippen LogP contribution in [0.1, 0.15) is 16.1 Å². The van der Waals surface area contributed by atoms with Gasteiger partial charge in [-0.15, -0.1) is 11.3 Å². The second-order valence-electron chi connectivity index (χ2n) is 6.53. The summed E-state index contributed by atoms with van der Waals surface area (Å²) in [4.78, 5) is 30.3. The normalized spacial score (nSPS) is 10.9. The Morgan fingerprint density at radius 1 is 1.03 bits per heavy atom. The van der Waals surface area contributed by atoms with Crippen molar-refractivity contribution in [1.29, 1.82) is 0 Å². The predicted molar refractivity (Wildman–Crippen MR) is 115 cm³/mol. The van der Waals surface area contributed by atoms with Crippen LogP contribution < -0.4 is 5.32 Å². The van der Waals surface area contributed by atoms with Crippen molar-refractivity contribution < 1.29 is 4.79 Å². The number of carbonyl (C=O) groups is 1. The summed E-state index contributed by atoms with van der Waals surface area (Å²) in [5.41, 5.74) is 4.58. The number of hydrogen-bond donors (Lipinski definition) is 1. The SMILES string of the molecule is O=C(NCc1ccccn1)c1cc(-c2csc(-c3cnccn3)n2)n2ccccc12. The van der Waals surface area contributed by atoms with E-state index in [-0.39, 0.29) is 5.91 Å². The molecule has 0 atom stereocenters. The van der Waals surface area contributed by atoms with E-state index in [0.717, 1.165) is 33.3 Å². The molecule has 5 aromatic heterocycles. The molecule has 0 saturated heterocycles. The number of nitrogens with one attached hydrogen (secondary N) is 1. The third-order valence-corrected chi connectivity index (χ3v) is 5.49. The summed E-state index contributed by atoms with van der Waals surface area (Å²) in [6, 6.07) is 13.3. The molecule has 0 aliphatic carbocycles. The summed E-state index contributed by atoms with van der Waals surface area (Å²) in [7, 11) is 0. The smallest absolute Gasteiger partial charge is 0.253 e. The molecule has 5 heterocycles. The molecule has 8 heteroatoms. The lowest BCUT2D eigenvalue weighted by atomic mass is 10.2. The Kier molecular flexibility index (Phi) is 4.74. The van der Waals surface area contributed by atoms with Gasteiger partial charge in [-0.2, -0.15) is 0 Å². The van der Waals surface area contributed by atoms with Crippen LogP contribution in [0.4, 0.5) is 0 Å². The maximum Gasteiger partial charge on any atom is 0.253 e. The van der Waals surface area contributed by atoms with Crippen LogP contribution in [0.25, 0.3) is 27.6 Å². The monoisotopic (exact) mass is 412 g/mol. The zero-order chi connectivity index (χ0) is 20.3. The van der Waals surface area contributed by atoms with Gasteiger partial charge in [0.25, 0.3) is 5.91 Å². The quantitative estimate of drug-likeness (QED) is 0.474. The molecule has 30 heavy (non-hydrogen) atoms. The van der Waals surface area contributed by atoms with Gasteiger partial charge in [0.15, 0.2) is 0 Å². The van der Waals surface area contributed by atoms with Crippen molar-refractivity contribution in [2.75, 3.05) is 0 Å². The standard InChI is InChI=1S/C22H16N6OS/c29-21(26-12-15-5-1-3-7-24-15)16-11-20(28-10-4-2-6-19(16)28)18-14-30-22(27-18)17-13-23-8-9-25-17/h1-11,13-14H,12H2,(H,26,29). The van der Waals surface area contributed by atoms with Gasteiger partial charge in [0, 0.05) is 30.2 Å². The first-order chi connectivity index (χ1) is 14.8. The number of fused-ring (bicyclic) bond motifs is 1. The molecule has 7 nitrogen and oxygen atoms in total. The summed E-state index contributed by atoms with van der Waals surface area (Å²) in [5.74, 6) is -0.153. The highest BCUT2D eigenvalue weighted by atomic mass is 32.1. The van der Waals surface area contributed by atoms with Gasteiger partial charge in [-0.05, 0) is 30.3 Å². The number of thiazole rings is 1. The van der Waals surface area contributed by atoms with Crippen molar-refractivity contribution in [1.82, 2.24) is 29.7 Å². The Morgan fingerprint density at radius 3 is 2.80 bits per heavy atom. The average Bonchev–Trinajstić information content (AvgIpc) is 3.44. The summed E-state index contributed by atoms with van der Waals surface area (Å²) in [6.07, 6.45) is 8.61. The van der Waals surface area contributed by atoms with Crippen LogP contribution in [0.2, 0.25) is 0 Å². The van der Waals surface area contributed by atoms with E-state index in [1.165, 1.54) is 11.3 Å². The minimum absolute atomic E-state index is 0.153. The van der Waals surface area contributed by atoms with E-state index in [1.54, 1.807) is 24.8 Å². The first-order valence-corrected chi connectivity index (χ1v) is 10.2. The van der Waals surface area contributed by atoms with Crippen LogP contribution >= 0.6 is 11.3 Å². The van der Waals surface area contributed by atoms with E-state index < -0.39 is 0 Å². The fraction of sp³-hybridized carbons (Fsp3) is 0.0455. The van der Waals surface area contributed by atoms with Gasteiger partial charge in [-0.3, -0.25) is 19.7 Å². The highest BCUT2D eigenvalue weighted by Gasteiger charge is 2.18. The van der Waals surface area contributed by atoms with Crippen LogP contribution in [0.15, 0.2) is 78.8 Å². The summed E-state index contributed by atoms with van der Waals surface area (Å²) in [6.45, 7) is 0.368. The molecule has 0 aliphatic rings. The second-order valence-corrected chi connectivity index (χ2v) is 7.39. The third kappa shape index (κ3) is 3.44. The number of carbonyl (C=O) groups excluding carboxylic acids is 1.